The number of rotatable bonds is 6. The van der Waals surface area contributed by atoms with Gasteiger partial charge in [-0.15, -0.1) is 11.3 Å². The summed E-state index contributed by atoms with van der Waals surface area (Å²) in [7, 11) is 0. The minimum absolute atomic E-state index is 0.120. The zero-order valence-electron chi connectivity index (χ0n) is 14.8. The topological polar surface area (TPSA) is 61.0 Å². The summed E-state index contributed by atoms with van der Waals surface area (Å²) >= 11 is 1.73. The molecule has 0 aliphatic heterocycles. The molecule has 28 heavy (non-hydrogen) atoms. The molecule has 5 rings (SSSR count). The third-order valence-corrected chi connectivity index (χ3v) is 5.52. The lowest BCUT2D eigenvalue weighted by molar-refractivity contribution is 0.242. The average Bonchev–Trinajstić information content (AvgIpc) is 3.27. The van der Waals surface area contributed by atoms with Gasteiger partial charge >= 0.3 is 0 Å². The maximum absolute atomic E-state index is 12.9. The van der Waals surface area contributed by atoms with Crippen LogP contribution in [-0.4, -0.2) is 15.1 Å². The molecule has 1 aliphatic rings. The Hall–Kier alpha value is -3.06. The molecule has 140 valence electrons. The minimum atomic E-state index is -0.309. The van der Waals surface area contributed by atoms with E-state index in [0.29, 0.717) is 23.4 Å². The van der Waals surface area contributed by atoms with Gasteiger partial charge in [-0.05, 0) is 43.2 Å². The highest BCUT2D eigenvalue weighted by Gasteiger charge is 2.26. The van der Waals surface area contributed by atoms with Gasteiger partial charge in [0.15, 0.2) is 6.61 Å². The molecule has 0 amide bonds. The summed E-state index contributed by atoms with van der Waals surface area (Å²) in [6, 6.07) is 13.7. The molecule has 1 aliphatic carbocycles. The van der Waals surface area contributed by atoms with Gasteiger partial charge in [-0.25, -0.2) is 9.37 Å². The Morgan fingerprint density at radius 3 is 2.71 bits per heavy atom. The van der Waals surface area contributed by atoms with Gasteiger partial charge in [0, 0.05) is 22.4 Å². The molecule has 4 aromatic rings. The van der Waals surface area contributed by atoms with Crippen LogP contribution < -0.4 is 4.74 Å². The van der Waals surface area contributed by atoms with Crippen molar-refractivity contribution in [2.45, 2.75) is 25.4 Å². The highest BCUT2D eigenvalue weighted by Crippen LogP contribution is 2.42. The quantitative estimate of drug-likeness (QED) is 0.436. The van der Waals surface area contributed by atoms with E-state index >= 15 is 0 Å². The third-order valence-electron chi connectivity index (χ3n) is 4.51. The van der Waals surface area contributed by atoms with Gasteiger partial charge in [0.2, 0.25) is 5.82 Å². The number of aromatic nitrogens is 3. The zero-order valence-corrected chi connectivity index (χ0v) is 15.7. The molecule has 0 spiro atoms. The lowest BCUT2D eigenvalue weighted by Gasteiger charge is -2.02. The maximum Gasteiger partial charge on any atom is 0.264 e. The second-order valence-corrected chi connectivity index (χ2v) is 7.57. The second kappa shape index (κ2) is 7.16. The predicted octanol–water partition coefficient (Wildman–Crippen LogP) is 5.46. The van der Waals surface area contributed by atoms with Crippen molar-refractivity contribution < 1.29 is 13.7 Å². The van der Waals surface area contributed by atoms with E-state index in [-0.39, 0.29) is 12.4 Å². The van der Waals surface area contributed by atoms with E-state index in [1.54, 1.807) is 23.5 Å². The molecule has 0 bridgehead atoms. The van der Waals surface area contributed by atoms with Crippen LogP contribution in [0.2, 0.25) is 0 Å². The molecule has 7 heteroatoms. The highest BCUT2D eigenvalue weighted by atomic mass is 32.1. The summed E-state index contributed by atoms with van der Waals surface area (Å²) in [5, 5.41) is 7.37. The van der Waals surface area contributed by atoms with Crippen molar-refractivity contribution in [1.82, 2.24) is 15.1 Å². The SMILES string of the molecule is Fc1ccc(OCc2nc(-c3cccc(-c4csc(C5CC5)n4)c3)no2)cc1. The van der Waals surface area contributed by atoms with Crippen LogP contribution in [0.3, 0.4) is 0 Å². The molecule has 0 saturated heterocycles. The fourth-order valence-electron chi connectivity index (χ4n) is 2.86. The summed E-state index contributed by atoms with van der Waals surface area (Å²) in [6.45, 7) is 0.120. The van der Waals surface area contributed by atoms with Gasteiger partial charge in [-0.3, -0.25) is 0 Å². The Morgan fingerprint density at radius 1 is 1.07 bits per heavy atom. The molecular formula is C21H16FN3O2S. The third kappa shape index (κ3) is 3.66. The van der Waals surface area contributed by atoms with Crippen molar-refractivity contribution in [1.29, 1.82) is 0 Å². The van der Waals surface area contributed by atoms with E-state index in [2.05, 4.69) is 15.5 Å². The first-order valence-corrected chi connectivity index (χ1v) is 9.90. The van der Waals surface area contributed by atoms with Gasteiger partial charge in [-0.2, -0.15) is 4.98 Å². The van der Waals surface area contributed by atoms with Crippen molar-refractivity contribution in [3.8, 4) is 28.4 Å². The standard InChI is InChI=1S/C21H16FN3O2S/c22-16-6-8-17(9-7-16)26-11-19-24-20(25-27-19)15-3-1-2-14(10-15)18-12-28-21(23-18)13-4-5-13/h1-3,6-10,12-13H,4-5,11H2. The number of thiazole rings is 1. The summed E-state index contributed by atoms with van der Waals surface area (Å²) in [5.74, 6) is 1.74. The molecule has 0 atom stereocenters. The highest BCUT2D eigenvalue weighted by molar-refractivity contribution is 7.10. The summed E-state index contributed by atoms with van der Waals surface area (Å²) in [5.41, 5.74) is 2.88. The number of benzene rings is 2. The molecule has 0 radical (unpaired) electrons. The van der Waals surface area contributed by atoms with Crippen molar-refractivity contribution in [2.24, 2.45) is 0 Å². The number of ether oxygens (including phenoxy) is 1. The Kier molecular flexibility index (Phi) is 4.37. The van der Waals surface area contributed by atoms with Crippen molar-refractivity contribution in [3.63, 3.8) is 0 Å². The lowest BCUT2D eigenvalue weighted by atomic mass is 10.1. The first-order valence-electron chi connectivity index (χ1n) is 9.02. The fraction of sp³-hybridized carbons (Fsp3) is 0.190. The van der Waals surface area contributed by atoms with Gasteiger partial charge in [0.05, 0.1) is 10.7 Å². The van der Waals surface area contributed by atoms with Crippen molar-refractivity contribution in [3.05, 3.63) is 70.6 Å². The molecule has 1 saturated carbocycles. The molecular weight excluding hydrogens is 377 g/mol. The molecule has 2 aromatic carbocycles. The molecule has 2 heterocycles. The first-order chi connectivity index (χ1) is 13.7. The van der Waals surface area contributed by atoms with Crippen LogP contribution >= 0.6 is 11.3 Å². The van der Waals surface area contributed by atoms with Crippen LogP contribution in [0.4, 0.5) is 4.39 Å². The van der Waals surface area contributed by atoms with Crippen LogP contribution in [-0.2, 0) is 6.61 Å². The Labute approximate surface area is 164 Å². The monoisotopic (exact) mass is 393 g/mol. The predicted molar refractivity (Wildman–Crippen MR) is 104 cm³/mol. The van der Waals surface area contributed by atoms with E-state index in [0.717, 1.165) is 16.8 Å². The largest absolute Gasteiger partial charge is 0.484 e. The summed E-state index contributed by atoms with van der Waals surface area (Å²) in [4.78, 5) is 9.16. The van der Waals surface area contributed by atoms with E-state index in [4.69, 9.17) is 14.2 Å². The molecule has 1 fully saturated rings. The second-order valence-electron chi connectivity index (χ2n) is 6.68. The van der Waals surface area contributed by atoms with E-state index < -0.39 is 0 Å². The number of hydrogen-bond donors (Lipinski definition) is 0. The van der Waals surface area contributed by atoms with Crippen molar-refractivity contribution >= 4 is 11.3 Å². The lowest BCUT2D eigenvalue weighted by Crippen LogP contribution is -1.95. The fourth-order valence-corrected chi connectivity index (χ4v) is 3.86. The smallest absolute Gasteiger partial charge is 0.264 e. The minimum Gasteiger partial charge on any atom is -0.484 e. The first kappa shape index (κ1) is 17.1. The Balaban J connectivity index is 1.31. The van der Waals surface area contributed by atoms with Crippen molar-refractivity contribution in [2.75, 3.05) is 0 Å². The van der Waals surface area contributed by atoms with Crippen LogP contribution in [0.5, 0.6) is 5.75 Å². The number of nitrogens with zero attached hydrogens (tertiary/aromatic N) is 3. The number of halogens is 1. The summed E-state index contributed by atoms with van der Waals surface area (Å²) in [6.07, 6.45) is 2.50. The molecule has 0 N–H and O–H groups in total. The van der Waals surface area contributed by atoms with Crippen LogP contribution in [0.25, 0.3) is 22.6 Å². The van der Waals surface area contributed by atoms with Gasteiger partial charge in [0.1, 0.15) is 11.6 Å². The van der Waals surface area contributed by atoms with Crippen LogP contribution in [0, 0.1) is 5.82 Å². The average molecular weight is 393 g/mol. The van der Waals surface area contributed by atoms with Gasteiger partial charge in [0.25, 0.3) is 5.89 Å². The zero-order chi connectivity index (χ0) is 18.9. The van der Waals surface area contributed by atoms with Gasteiger partial charge < -0.3 is 9.26 Å². The normalized spacial score (nSPS) is 13.6. The molecule has 0 unspecified atom stereocenters. The summed E-state index contributed by atoms with van der Waals surface area (Å²) < 4.78 is 23.8. The Morgan fingerprint density at radius 2 is 1.89 bits per heavy atom. The molecule has 2 aromatic heterocycles. The number of hydrogen-bond acceptors (Lipinski definition) is 6. The van der Waals surface area contributed by atoms with E-state index in [1.165, 1.54) is 30.0 Å². The molecule has 5 nitrogen and oxygen atoms in total. The van der Waals surface area contributed by atoms with Crippen LogP contribution in [0.1, 0.15) is 29.7 Å². The maximum atomic E-state index is 12.9. The van der Waals surface area contributed by atoms with Crippen LogP contribution in [0.15, 0.2) is 58.4 Å². The Bertz CT molecular complexity index is 1100. The van der Waals surface area contributed by atoms with Gasteiger partial charge in [-0.1, -0.05) is 23.4 Å². The van der Waals surface area contributed by atoms with E-state index in [1.807, 2.05) is 24.3 Å². The van der Waals surface area contributed by atoms with E-state index in [9.17, 15) is 4.39 Å².